The van der Waals surface area contributed by atoms with E-state index in [-0.39, 0.29) is 30.6 Å². The highest BCUT2D eigenvalue weighted by atomic mass is 35.5. The highest BCUT2D eigenvalue weighted by Crippen LogP contribution is 2.13. The lowest BCUT2D eigenvalue weighted by Crippen LogP contribution is -2.55. The Hall–Kier alpha value is -0.370. The van der Waals surface area contributed by atoms with Crippen molar-refractivity contribution in [3.8, 4) is 0 Å². The van der Waals surface area contributed by atoms with Crippen molar-refractivity contribution in [2.45, 2.75) is 39.2 Å². The minimum atomic E-state index is -3.33. The first-order valence-electron chi connectivity index (χ1n) is 6.22. The van der Waals surface area contributed by atoms with E-state index in [0.717, 1.165) is 17.1 Å². The average Bonchev–Trinajstić information content (AvgIpc) is 2.36. The topological polar surface area (TPSA) is 92.5 Å². The Kier molecular flexibility index (Phi) is 9.62. The summed E-state index contributed by atoms with van der Waals surface area (Å²) in [5, 5.41) is 2.84. The maximum atomic E-state index is 11.8. The molecule has 0 bridgehead atoms. The van der Waals surface area contributed by atoms with Crippen LogP contribution in [0.3, 0.4) is 0 Å². The standard InChI is InChI=1S/C11H25N3O3S.ClH/c1-5-11(6-2,9-12)13-10(15)8-14(4)18(16,17)7-3;/h5-9,12H2,1-4H3,(H,13,15);1H. The molecule has 0 unspecified atom stereocenters. The number of halogens is 1. The first-order chi connectivity index (χ1) is 8.26. The number of nitrogens with two attached hydrogens (primary N) is 1. The molecule has 0 aliphatic carbocycles. The number of carbonyl (C=O) groups is 1. The molecule has 0 aromatic rings. The van der Waals surface area contributed by atoms with Crippen LogP contribution in [0.25, 0.3) is 0 Å². The number of nitrogens with zero attached hydrogens (tertiary/aromatic N) is 1. The quantitative estimate of drug-likeness (QED) is 0.675. The van der Waals surface area contributed by atoms with Crippen molar-refractivity contribution >= 4 is 28.3 Å². The monoisotopic (exact) mass is 315 g/mol. The molecule has 0 aromatic carbocycles. The third-order valence-corrected chi connectivity index (χ3v) is 5.16. The van der Waals surface area contributed by atoms with Gasteiger partial charge in [-0.1, -0.05) is 13.8 Å². The number of amides is 1. The van der Waals surface area contributed by atoms with Crippen LogP contribution in [0.15, 0.2) is 0 Å². The van der Waals surface area contributed by atoms with Crippen molar-refractivity contribution < 1.29 is 13.2 Å². The zero-order valence-electron chi connectivity index (χ0n) is 12.1. The molecule has 0 atom stereocenters. The third kappa shape index (κ3) is 6.07. The second-order valence-electron chi connectivity index (χ2n) is 4.40. The summed E-state index contributed by atoms with van der Waals surface area (Å²) in [5.41, 5.74) is 5.24. The Bertz CT molecular complexity index is 361. The fraction of sp³-hybridized carbons (Fsp3) is 0.909. The average molecular weight is 316 g/mol. The van der Waals surface area contributed by atoms with Crippen LogP contribution in [-0.2, 0) is 14.8 Å². The van der Waals surface area contributed by atoms with Crippen molar-refractivity contribution in [3.63, 3.8) is 0 Å². The van der Waals surface area contributed by atoms with Gasteiger partial charge in [0.15, 0.2) is 0 Å². The number of carbonyl (C=O) groups excluding carboxylic acids is 1. The second kappa shape index (κ2) is 8.73. The van der Waals surface area contributed by atoms with Gasteiger partial charge in [-0.15, -0.1) is 12.4 Å². The van der Waals surface area contributed by atoms with Crippen molar-refractivity contribution in [2.75, 3.05) is 25.9 Å². The van der Waals surface area contributed by atoms with Gasteiger partial charge in [0.1, 0.15) is 0 Å². The molecular formula is C11H26ClN3O3S. The molecule has 0 fully saturated rings. The molecule has 0 aromatic heterocycles. The Morgan fingerprint density at radius 3 is 2.05 bits per heavy atom. The van der Waals surface area contributed by atoms with E-state index in [0.29, 0.717) is 6.54 Å². The number of hydrogen-bond donors (Lipinski definition) is 2. The molecule has 0 aliphatic heterocycles. The van der Waals surface area contributed by atoms with Crippen LogP contribution in [-0.4, -0.2) is 50.1 Å². The second-order valence-corrected chi connectivity index (χ2v) is 6.76. The van der Waals surface area contributed by atoms with Crippen molar-refractivity contribution in [1.82, 2.24) is 9.62 Å². The summed E-state index contributed by atoms with van der Waals surface area (Å²) >= 11 is 0. The molecule has 19 heavy (non-hydrogen) atoms. The highest BCUT2D eigenvalue weighted by molar-refractivity contribution is 7.89. The van der Waals surface area contributed by atoms with E-state index in [2.05, 4.69) is 5.32 Å². The molecule has 1 amide bonds. The number of hydrogen-bond acceptors (Lipinski definition) is 4. The summed E-state index contributed by atoms with van der Waals surface area (Å²) in [5.74, 6) is -0.330. The van der Waals surface area contributed by atoms with Crippen molar-refractivity contribution in [2.24, 2.45) is 5.73 Å². The van der Waals surface area contributed by atoms with E-state index in [4.69, 9.17) is 5.73 Å². The van der Waals surface area contributed by atoms with Gasteiger partial charge in [0, 0.05) is 13.6 Å². The Morgan fingerprint density at radius 2 is 1.74 bits per heavy atom. The molecule has 3 N–H and O–H groups in total. The van der Waals surface area contributed by atoms with Gasteiger partial charge in [0.2, 0.25) is 15.9 Å². The number of sulfonamides is 1. The molecule has 0 heterocycles. The molecule has 0 saturated heterocycles. The number of nitrogens with one attached hydrogen (secondary N) is 1. The predicted molar refractivity (Wildman–Crippen MR) is 79.8 cm³/mol. The summed E-state index contributed by atoms with van der Waals surface area (Å²) in [7, 11) is -1.92. The Labute approximate surface area is 122 Å². The Morgan fingerprint density at radius 1 is 1.26 bits per heavy atom. The summed E-state index contributed by atoms with van der Waals surface area (Å²) < 4.78 is 24.1. The fourth-order valence-electron chi connectivity index (χ4n) is 1.62. The summed E-state index contributed by atoms with van der Waals surface area (Å²) in [6.07, 6.45) is 1.44. The first kappa shape index (κ1) is 20.9. The lowest BCUT2D eigenvalue weighted by molar-refractivity contribution is -0.123. The summed E-state index contributed by atoms with van der Waals surface area (Å²) in [4.78, 5) is 11.8. The van der Waals surface area contributed by atoms with Gasteiger partial charge in [0.25, 0.3) is 0 Å². The number of likely N-dealkylation sites (N-methyl/N-ethyl adjacent to an activating group) is 1. The molecule has 8 heteroatoms. The molecular weight excluding hydrogens is 290 g/mol. The lowest BCUT2D eigenvalue weighted by Gasteiger charge is -2.32. The van der Waals surface area contributed by atoms with Gasteiger partial charge in [-0.25, -0.2) is 8.42 Å². The van der Waals surface area contributed by atoms with Crippen LogP contribution >= 0.6 is 12.4 Å². The normalized spacial score (nSPS) is 12.1. The van der Waals surface area contributed by atoms with Crippen LogP contribution in [0, 0.1) is 0 Å². The minimum absolute atomic E-state index is 0. The lowest BCUT2D eigenvalue weighted by atomic mass is 9.93. The highest BCUT2D eigenvalue weighted by Gasteiger charge is 2.27. The van der Waals surface area contributed by atoms with Gasteiger partial charge in [-0.05, 0) is 19.8 Å². The summed E-state index contributed by atoms with van der Waals surface area (Å²) in [6, 6.07) is 0. The zero-order chi connectivity index (χ0) is 14.4. The van der Waals surface area contributed by atoms with E-state index in [1.807, 2.05) is 13.8 Å². The van der Waals surface area contributed by atoms with Crippen LogP contribution in [0.1, 0.15) is 33.6 Å². The van der Waals surface area contributed by atoms with E-state index in [1.54, 1.807) is 6.92 Å². The number of rotatable bonds is 8. The van der Waals surface area contributed by atoms with Crippen LogP contribution in [0.2, 0.25) is 0 Å². The van der Waals surface area contributed by atoms with E-state index >= 15 is 0 Å². The Balaban J connectivity index is 0. The fourth-order valence-corrected chi connectivity index (χ4v) is 2.38. The SMILES string of the molecule is CCC(CC)(CN)NC(=O)CN(C)S(=O)(=O)CC.Cl. The molecule has 0 radical (unpaired) electrons. The van der Waals surface area contributed by atoms with E-state index in [1.165, 1.54) is 7.05 Å². The third-order valence-electron chi connectivity index (χ3n) is 3.35. The van der Waals surface area contributed by atoms with Gasteiger partial charge in [0.05, 0.1) is 17.8 Å². The van der Waals surface area contributed by atoms with Crippen molar-refractivity contribution in [3.05, 3.63) is 0 Å². The van der Waals surface area contributed by atoms with E-state index < -0.39 is 15.6 Å². The molecule has 0 saturated carbocycles. The van der Waals surface area contributed by atoms with Gasteiger partial charge in [-0.3, -0.25) is 4.79 Å². The zero-order valence-corrected chi connectivity index (χ0v) is 13.7. The van der Waals surface area contributed by atoms with Crippen LogP contribution < -0.4 is 11.1 Å². The van der Waals surface area contributed by atoms with Gasteiger partial charge < -0.3 is 11.1 Å². The van der Waals surface area contributed by atoms with Crippen molar-refractivity contribution in [1.29, 1.82) is 0 Å². The smallest absolute Gasteiger partial charge is 0.235 e. The first-order valence-corrected chi connectivity index (χ1v) is 7.83. The molecule has 0 aliphatic rings. The van der Waals surface area contributed by atoms with Crippen LogP contribution in [0.5, 0.6) is 0 Å². The minimum Gasteiger partial charge on any atom is -0.348 e. The van der Waals surface area contributed by atoms with Gasteiger partial charge in [-0.2, -0.15) is 4.31 Å². The largest absolute Gasteiger partial charge is 0.348 e. The molecule has 0 spiro atoms. The van der Waals surface area contributed by atoms with Crippen LogP contribution in [0.4, 0.5) is 0 Å². The maximum absolute atomic E-state index is 11.8. The molecule has 0 rings (SSSR count). The van der Waals surface area contributed by atoms with E-state index in [9.17, 15) is 13.2 Å². The summed E-state index contributed by atoms with van der Waals surface area (Å²) in [6.45, 7) is 5.62. The maximum Gasteiger partial charge on any atom is 0.235 e. The molecule has 6 nitrogen and oxygen atoms in total. The predicted octanol–water partition coefficient (Wildman–Crippen LogP) is 0.323. The van der Waals surface area contributed by atoms with Gasteiger partial charge >= 0.3 is 0 Å². The molecule has 116 valence electrons.